The minimum atomic E-state index is -0.115. The Labute approximate surface area is 148 Å². The van der Waals surface area contributed by atoms with E-state index in [-0.39, 0.29) is 17.9 Å². The first-order valence-electron chi connectivity index (χ1n) is 8.47. The quantitative estimate of drug-likeness (QED) is 0.847. The summed E-state index contributed by atoms with van der Waals surface area (Å²) < 4.78 is 1.84. The third-order valence-corrected chi connectivity index (χ3v) is 4.11. The van der Waals surface area contributed by atoms with Crippen molar-refractivity contribution in [2.75, 3.05) is 5.32 Å². The van der Waals surface area contributed by atoms with Crippen molar-refractivity contribution < 1.29 is 9.59 Å². The maximum absolute atomic E-state index is 12.2. The van der Waals surface area contributed by atoms with Crippen molar-refractivity contribution in [3.8, 4) is 0 Å². The molecule has 0 radical (unpaired) electrons. The largest absolute Gasteiger partial charge is 0.350 e. The number of rotatable bonds is 6. The first-order valence-corrected chi connectivity index (χ1v) is 8.47. The highest BCUT2D eigenvalue weighted by atomic mass is 16.2. The van der Waals surface area contributed by atoms with Crippen molar-refractivity contribution in [1.82, 2.24) is 15.1 Å². The van der Waals surface area contributed by atoms with E-state index >= 15 is 0 Å². The van der Waals surface area contributed by atoms with E-state index in [4.69, 9.17) is 0 Å². The summed E-state index contributed by atoms with van der Waals surface area (Å²) in [5.74, 6) is -0.169. The molecule has 2 aromatic rings. The predicted molar refractivity (Wildman–Crippen MR) is 98.7 cm³/mol. The summed E-state index contributed by atoms with van der Waals surface area (Å²) in [7, 11) is 1.91. The van der Waals surface area contributed by atoms with E-state index in [2.05, 4.69) is 15.7 Å². The molecule has 1 aromatic heterocycles. The SMILES string of the molecule is Cc1nn(C)c(C)c1CCC(=O)Nc1ccc(C(=O)NC(C)C)cc1. The highest BCUT2D eigenvalue weighted by Crippen LogP contribution is 2.15. The van der Waals surface area contributed by atoms with Gasteiger partial charge in [-0.25, -0.2) is 0 Å². The highest BCUT2D eigenvalue weighted by molar-refractivity contribution is 5.95. The minimum Gasteiger partial charge on any atom is -0.350 e. The monoisotopic (exact) mass is 342 g/mol. The van der Waals surface area contributed by atoms with Gasteiger partial charge in [0.05, 0.1) is 5.69 Å². The van der Waals surface area contributed by atoms with Gasteiger partial charge in [-0.3, -0.25) is 14.3 Å². The Bertz CT molecular complexity index is 760. The Kier molecular flexibility index (Phi) is 5.96. The average molecular weight is 342 g/mol. The number of aromatic nitrogens is 2. The van der Waals surface area contributed by atoms with Gasteiger partial charge < -0.3 is 10.6 Å². The number of hydrogen-bond donors (Lipinski definition) is 2. The number of hydrogen-bond acceptors (Lipinski definition) is 3. The van der Waals surface area contributed by atoms with Crippen LogP contribution in [0.25, 0.3) is 0 Å². The van der Waals surface area contributed by atoms with Crippen LogP contribution in [0.15, 0.2) is 24.3 Å². The second-order valence-corrected chi connectivity index (χ2v) is 6.53. The van der Waals surface area contributed by atoms with Crippen LogP contribution in [-0.2, 0) is 18.3 Å². The molecule has 6 nitrogen and oxygen atoms in total. The van der Waals surface area contributed by atoms with Crippen molar-refractivity contribution in [2.24, 2.45) is 7.05 Å². The number of nitrogens with one attached hydrogen (secondary N) is 2. The molecule has 0 saturated heterocycles. The molecule has 0 atom stereocenters. The molecule has 6 heteroatoms. The lowest BCUT2D eigenvalue weighted by molar-refractivity contribution is -0.116. The Morgan fingerprint density at radius 2 is 1.80 bits per heavy atom. The zero-order chi connectivity index (χ0) is 18.6. The van der Waals surface area contributed by atoms with Gasteiger partial charge in [0.15, 0.2) is 0 Å². The Morgan fingerprint density at radius 1 is 1.16 bits per heavy atom. The molecule has 1 aromatic carbocycles. The normalized spacial score (nSPS) is 10.8. The molecule has 0 bridgehead atoms. The van der Waals surface area contributed by atoms with Gasteiger partial charge in [-0.05, 0) is 63.9 Å². The van der Waals surface area contributed by atoms with E-state index in [1.165, 1.54) is 0 Å². The fraction of sp³-hybridized carbons (Fsp3) is 0.421. The molecule has 2 rings (SSSR count). The van der Waals surface area contributed by atoms with Crippen LogP contribution in [0, 0.1) is 13.8 Å². The summed E-state index contributed by atoms with van der Waals surface area (Å²) >= 11 is 0. The van der Waals surface area contributed by atoms with Gasteiger partial charge in [0.1, 0.15) is 0 Å². The van der Waals surface area contributed by atoms with E-state index in [9.17, 15) is 9.59 Å². The van der Waals surface area contributed by atoms with Crippen LogP contribution < -0.4 is 10.6 Å². The Hall–Kier alpha value is -2.63. The number of nitrogens with zero attached hydrogens (tertiary/aromatic N) is 2. The fourth-order valence-electron chi connectivity index (χ4n) is 2.69. The van der Waals surface area contributed by atoms with E-state index in [0.29, 0.717) is 24.1 Å². The number of carbonyl (C=O) groups is 2. The number of benzene rings is 1. The van der Waals surface area contributed by atoms with Crippen molar-refractivity contribution in [3.63, 3.8) is 0 Å². The molecule has 0 fully saturated rings. The number of amides is 2. The van der Waals surface area contributed by atoms with E-state index in [1.807, 2.05) is 39.4 Å². The summed E-state index contributed by atoms with van der Waals surface area (Å²) in [6.45, 7) is 7.80. The second kappa shape index (κ2) is 7.96. The second-order valence-electron chi connectivity index (χ2n) is 6.53. The molecular formula is C19H26N4O2. The molecule has 1 heterocycles. The first-order chi connectivity index (χ1) is 11.8. The van der Waals surface area contributed by atoms with Gasteiger partial charge in [0.25, 0.3) is 5.91 Å². The fourth-order valence-corrected chi connectivity index (χ4v) is 2.69. The van der Waals surface area contributed by atoms with Gasteiger partial charge in [-0.2, -0.15) is 5.10 Å². The summed E-state index contributed by atoms with van der Waals surface area (Å²) in [4.78, 5) is 24.1. The van der Waals surface area contributed by atoms with E-state index < -0.39 is 0 Å². The van der Waals surface area contributed by atoms with Crippen LogP contribution in [0.5, 0.6) is 0 Å². The first kappa shape index (κ1) is 18.7. The van der Waals surface area contributed by atoms with Crippen molar-refractivity contribution >= 4 is 17.5 Å². The molecule has 0 aliphatic carbocycles. The van der Waals surface area contributed by atoms with E-state index in [1.54, 1.807) is 24.3 Å². The standard InChI is InChI=1S/C19H26N4O2/c1-12(2)20-19(25)15-6-8-16(9-7-15)21-18(24)11-10-17-13(3)22-23(5)14(17)4/h6-9,12H,10-11H2,1-5H3,(H,20,25)(H,21,24). The van der Waals surface area contributed by atoms with Crippen LogP contribution in [0.1, 0.15) is 47.6 Å². The zero-order valence-corrected chi connectivity index (χ0v) is 15.5. The molecule has 25 heavy (non-hydrogen) atoms. The lowest BCUT2D eigenvalue weighted by atomic mass is 10.1. The molecule has 2 N–H and O–H groups in total. The maximum Gasteiger partial charge on any atom is 0.251 e. The molecular weight excluding hydrogens is 316 g/mol. The molecule has 0 aliphatic heterocycles. The van der Waals surface area contributed by atoms with Gasteiger partial charge >= 0.3 is 0 Å². The highest BCUT2D eigenvalue weighted by Gasteiger charge is 2.12. The van der Waals surface area contributed by atoms with Gasteiger partial charge in [0, 0.05) is 36.5 Å². The molecule has 134 valence electrons. The maximum atomic E-state index is 12.2. The molecule has 0 unspecified atom stereocenters. The molecule has 0 saturated carbocycles. The van der Waals surface area contributed by atoms with Gasteiger partial charge in [-0.1, -0.05) is 0 Å². The third kappa shape index (κ3) is 4.92. The van der Waals surface area contributed by atoms with Crippen LogP contribution in [0.3, 0.4) is 0 Å². The Balaban J connectivity index is 1.91. The number of anilines is 1. The van der Waals surface area contributed by atoms with Crippen LogP contribution in [0.4, 0.5) is 5.69 Å². The van der Waals surface area contributed by atoms with Crippen molar-refractivity contribution in [3.05, 3.63) is 46.8 Å². The zero-order valence-electron chi connectivity index (χ0n) is 15.5. The van der Waals surface area contributed by atoms with Gasteiger partial charge in [-0.15, -0.1) is 0 Å². The number of carbonyl (C=O) groups excluding carboxylic acids is 2. The van der Waals surface area contributed by atoms with E-state index in [0.717, 1.165) is 17.0 Å². The summed E-state index contributed by atoms with van der Waals surface area (Å²) in [5.41, 5.74) is 4.44. The summed E-state index contributed by atoms with van der Waals surface area (Å²) in [6.07, 6.45) is 1.05. The average Bonchev–Trinajstić information content (AvgIpc) is 2.78. The smallest absolute Gasteiger partial charge is 0.251 e. The number of aryl methyl sites for hydroxylation is 2. The van der Waals surface area contributed by atoms with Crippen molar-refractivity contribution in [2.45, 2.75) is 46.6 Å². The molecule has 0 spiro atoms. The van der Waals surface area contributed by atoms with Gasteiger partial charge in [0.2, 0.25) is 5.91 Å². The Morgan fingerprint density at radius 3 is 2.32 bits per heavy atom. The summed E-state index contributed by atoms with van der Waals surface area (Å²) in [5, 5.41) is 10.1. The molecule has 2 amide bonds. The van der Waals surface area contributed by atoms with Crippen LogP contribution in [0.2, 0.25) is 0 Å². The van der Waals surface area contributed by atoms with Crippen LogP contribution in [-0.4, -0.2) is 27.6 Å². The lowest BCUT2D eigenvalue weighted by Crippen LogP contribution is -2.30. The lowest BCUT2D eigenvalue weighted by Gasteiger charge is -2.09. The summed E-state index contributed by atoms with van der Waals surface area (Å²) in [6, 6.07) is 7.00. The predicted octanol–water partition coefficient (Wildman–Crippen LogP) is 2.75. The van der Waals surface area contributed by atoms with Crippen LogP contribution >= 0.6 is 0 Å². The molecule has 0 aliphatic rings. The third-order valence-electron chi connectivity index (χ3n) is 4.11. The van der Waals surface area contributed by atoms with Crippen molar-refractivity contribution in [1.29, 1.82) is 0 Å². The topological polar surface area (TPSA) is 76.0 Å². The minimum absolute atomic E-state index is 0.0537.